The molecule has 1 unspecified atom stereocenters. The summed E-state index contributed by atoms with van der Waals surface area (Å²) in [6.07, 6.45) is 0.109. The molecular formula is C5H9N5S. The number of nitrogens with two attached hydrogens (primary N) is 3. The zero-order valence-electron chi connectivity index (χ0n) is 5.82. The smallest absolute Gasteiger partial charge is 0.191 e. The zero-order chi connectivity index (χ0) is 8.85. The van der Waals surface area contributed by atoms with E-state index in [1.54, 1.807) is 0 Å². The number of rotatable bonds is 2. The van der Waals surface area contributed by atoms with Gasteiger partial charge in [-0.15, -0.1) is 0 Å². The second-order valence-electron chi connectivity index (χ2n) is 1.84. The van der Waals surface area contributed by atoms with Gasteiger partial charge in [0.2, 0.25) is 0 Å². The predicted octanol–water partition coefficient (Wildman–Crippen LogP) is -1.17. The molecule has 6 N–H and O–H groups in total. The SMILES string of the molecule is N#CCC(N)/C(N)=N/C(N)=S. The third kappa shape index (κ3) is 4.25. The van der Waals surface area contributed by atoms with E-state index < -0.39 is 6.04 Å². The molecule has 0 aliphatic rings. The summed E-state index contributed by atoms with van der Waals surface area (Å²) in [5.41, 5.74) is 15.7. The normalized spacial score (nSPS) is 13.6. The summed E-state index contributed by atoms with van der Waals surface area (Å²) in [6, 6.07) is 1.27. The Bertz CT molecular complexity index is 215. The summed E-state index contributed by atoms with van der Waals surface area (Å²) in [5.74, 6) is 0.0963. The standard InChI is InChI=1S/C5H9N5S/c6-2-1-3(7)4(8)10-5(9)11/h3H,1,7H2,(H4,8,9,10,11). The minimum atomic E-state index is -0.582. The van der Waals surface area contributed by atoms with Crippen LogP contribution in [0.2, 0.25) is 0 Å². The number of nitriles is 1. The Morgan fingerprint density at radius 2 is 2.18 bits per heavy atom. The van der Waals surface area contributed by atoms with E-state index in [0.717, 1.165) is 0 Å². The maximum atomic E-state index is 8.22. The van der Waals surface area contributed by atoms with Crippen LogP contribution in [-0.4, -0.2) is 17.0 Å². The summed E-state index contributed by atoms with van der Waals surface area (Å²) in [7, 11) is 0. The molecule has 0 rings (SSSR count). The van der Waals surface area contributed by atoms with E-state index in [0.29, 0.717) is 0 Å². The molecule has 0 aromatic rings. The number of hydrogen-bond acceptors (Lipinski definition) is 3. The molecule has 0 aromatic heterocycles. The number of amidine groups is 1. The Hall–Kier alpha value is -1.19. The predicted molar refractivity (Wildman–Crippen MR) is 46.6 cm³/mol. The van der Waals surface area contributed by atoms with Gasteiger partial charge in [0.25, 0.3) is 0 Å². The molecule has 0 spiro atoms. The summed E-state index contributed by atoms with van der Waals surface area (Å²) in [4.78, 5) is 3.52. The van der Waals surface area contributed by atoms with Crippen LogP contribution >= 0.6 is 12.2 Å². The Morgan fingerprint density at radius 1 is 1.64 bits per heavy atom. The second-order valence-corrected chi connectivity index (χ2v) is 2.26. The average molecular weight is 171 g/mol. The fraction of sp³-hybridized carbons (Fsp3) is 0.400. The molecule has 1 atom stereocenters. The lowest BCUT2D eigenvalue weighted by atomic mass is 10.2. The van der Waals surface area contributed by atoms with Crippen LogP contribution in [0.1, 0.15) is 6.42 Å². The molecule has 0 aliphatic heterocycles. The molecule has 0 amide bonds. The van der Waals surface area contributed by atoms with E-state index >= 15 is 0 Å². The molecule has 0 radical (unpaired) electrons. The molecule has 60 valence electrons. The number of hydrogen-bond donors (Lipinski definition) is 3. The average Bonchev–Trinajstić information content (AvgIpc) is 1.86. The number of thiocarbonyl (C=S) groups is 1. The van der Waals surface area contributed by atoms with Gasteiger partial charge in [-0.3, -0.25) is 0 Å². The van der Waals surface area contributed by atoms with Crippen molar-refractivity contribution in [1.29, 1.82) is 5.26 Å². The van der Waals surface area contributed by atoms with E-state index in [4.69, 9.17) is 22.5 Å². The van der Waals surface area contributed by atoms with Gasteiger partial charge in [-0.2, -0.15) is 5.26 Å². The summed E-state index contributed by atoms with van der Waals surface area (Å²) in [6.45, 7) is 0. The third-order valence-corrected chi connectivity index (χ3v) is 1.02. The fourth-order valence-corrected chi connectivity index (χ4v) is 0.518. The van der Waals surface area contributed by atoms with Gasteiger partial charge in [0.1, 0.15) is 5.84 Å². The van der Waals surface area contributed by atoms with Crippen molar-refractivity contribution in [3.05, 3.63) is 0 Å². The first-order valence-electron chi connectivity index (χ1n) is 2.84. The lowest BCUT2D eigenvalue weighted by Crippen LogP contribution is -2.37. The largest absolute Gasteiger partial charge is 0.386 e. The van der Waals surface area contributed by atoms with Crippen LogP contribution in [0, 0.1) is 11.3 Å². The van der Waals surface area contributed by atoms with Gasteiger partial charge in [-0.1, -0.05) is 0 Å². The number of nitrogens with zero attached hydrogens (tertiary/aromatic N) is 2. The van der Waals surface area contributed by atoms with Crippen LogP contribution in [0.15, 0.2) is 4.99 Å². The Labute approximate surface area is 69.9 Å². The van der Waals surface area contributed by atoms with Crippen LogP contribution in [0.5, 0.6) is 0 Å². The lowest BCUT2D eigenvalue weighted by Gasteiger charge is -2.04. The molecule has 0 heterocycles. The van der Waals surface area contributed by atoms with E-state index in [1.165, 1.54) is 0 Å². The van der Waals surface area contributed by atoms with Crippen molar-refractivity contribution in [3.63, 3.8) is 0 Å². The highest BCUT2D eigenvalue weighted by molar-refractivity contribution is 7.80. The van der Waals surface area contributed by atoms with Crippen LogP contribution in [0.4, 0.5) is 0 Å². The van der Waals surface area contributed by atoms with E-state index in [1.807, 2.05) is 6.07 Å². The van der Waals surface area contributed by atoms with Crippen molar-refractivity contribution in [1.82, 2.24) is 0 Å². The quantitative estimate of drug-likeness (QED) is 0.275. The van der Waals surface area contributed by atoms with Crippen LogP contribution in [0.25, 0.3) is 0 Å². The molecule has 0 bridgehead atoms. The van der Waals surface area contributed by atoms with Gasteiger partial charge in [0, 0.05) is 0 Å². The van der Waals surface area contributed by atoms with Crippen LogP contribution in [0.3, 0.4) is 0 Å². The van der Waals surface area contributed by atoms with E-state index in [-0.39, 0.29) is 17.4 Å². The Morgan fingerprint density at radius 3 is 2.55 bits per heavy atom. The molecular weight excluding hydrogens is 162 g/mol. The minimum absolute atomic E-state index is 0.0733. The topological polar surface area (TPSA) is 114 Å². The van der Waals surface area contributed by atoms with E-state index in [2.05, 4.69) is 17.2 Å². The zero-order valence-corrected chi connectivity index (χ0v) is 6.64. The van der Waals surface area contributed by atoms with Crippen molar-refractivity contribution >= 4 is 23.2 Å². The third-order valence-electron chi connectivity index (χ3n) is 0.930. The van der Waals surface area contributed by atoms with Gasteiger partial charge in [-0.05, 0) is 12.2 Å². The monoisotopic (exact) mass is 171 g/mol. The van der Waals surface area contributed by atoms with Gasteiger partial charge >= 0.3 is 0 Å². The molecule has 0 saturated heterocycles. The molecule has 0 aromatic carbocycles. The summed E-state index contributed by atoms with van der Waals surface area (Å²) < 4.78 is 0. The summed E-state index contributed by atoms with van der Waals surface area (Å²) >= 11 is 4.45. The van der Waals surface area contributed by atoms with Gasteiger partial charge < -0.3 is 17.2 Å². The van der Waals surface area contributed by atoms with Crippen molar-refractivity contribution < 1.29 is 0 Å². The number of aliphatic imine (C=N–C) groups is 1. The Kier molecular flexibility index (Phi) is 4.10. The maximum absolute atomic E-state index is 8.22. The fourth-order valence-electron chi connectivity index (χ4n) is 0.413. The Balaban J connectivity index is 4.13. The first-order valence-corrected chi connectivity index (χ1v) is 3.24. The van der Waals surface area contributed by atoms with Gasteiger partial charge in [0.15, 0.2) is 5.11 Å². The molecule has 11 heavy (non-hydrogen) atoms. The van der Waals surface area contributed by atoms with Crippen LogP contribution in [-0.2, 0) is 0 Å². The van der Waals surface area contributed by atoms with Crippen molar-refractivity contribution in [2.24, 2.45) is 22.2 Å². The molecule has 6 heteroatoms. The second kappa shape index (κ2) is 4.60. The highest BCUT2D eigenvalue weighted by atomic mass is 32.1. The first kappa shape index (κ1) is 9.81. The van der Waals surface area contributed by atoms with Crippen molar-refractivity contribution in [3.8, 4) is 6.07 Å². The van der Waals surface area contributed by atoms with Crippen LogP contribution < -0.4 is 17.2 Å². The van der Waals surface area contributed by atoms with Crippen molar-refractivity contribution in [2.75, 3.05) is 0 Å². The van der Waals surface area contributed by atoms with E-state index in [9.17, 15) is 0 Å². The molecule has 0 fully saturated rings. The summed E-state index contributed by atoms with van der Waals surface area (Å²) in [5, 5.41) is 8.14. The minimum Gasteiger partial charge on any atom is -0.386 e. The van der Waals surface area contributed by atoms with Gasteiger partial charge in [0.05, 0.1) is 18.5 Å². The molecule has 5 nitrogen and oxygen atoms in total. The van der Waals surface area contributed by atoms with Crippen molar-refractivity contribution in [2.45, 2.75) is 12.5 Å². The highest BCUT2D eigenvalue weighted by Crippen LogP contribution is 1.86. The lowest BCUT2D eigenvalue weighted by molar-refractivity contribution is 0.876. The van der Waals surface area contributed by atoms with Gasteiger partial charge in [-0.25, -0.2) is 4.99 Å². The molecule has 0 saturated carbocycles. The first-order chi connectivity index (χ1) is 5.07. The highest BCUT2D eigenvalue weighted by Gasteiger charge is 2.05. The maximum Gasteiger partial charge on any atom is 0.191 e. The molecule has 0 aliphatic carbocycles.